The van der Waals surface area contributed by atoms with Gasteiger partial charge in [-0.05, 0) is 12.0 Å². The molecule has 3 nitrogen and oxygen atoms in total. The van der Waals surface area contributed by atoms with Gasteiger partial charge in [0.2, 0.25) is 0 Å². The molecular formula is C8H11NaO3S. The Balaban J connectivity index is 0.00000144. The van der Waals surface area contributed by atoms with Crippen molar-refractivity contribution in [2.24, 2.45) is 0 Å². The van der Waals surface area contributed by atoms with Gasteiger partial charge in [-0.15, -0.1) is 0 Å². The molecule has 0 aliphatic rings. The van der Waals surface area contributed by atoms with Gasteiger partial charge in [0.15, 0.2) is 0 Å². The number of aryl methyl sites for hydroxylation is 1. The third kappa shape index (κ3) is 6.23. The first kappa shape index (κ1) is 13.1. The molecule has 0 aliphatic heterocycles. The molecule has 0 spiro atoms. The molecule has 0 aromatic heterocycles. The SMILES string of the molecule is O=S(=O)(O)CCc1ccccc1.[NaH]. The van der Waals surface area contributed by atoms with Gasteiger partial charge in [-0.25, -0.2) is 0 Å². The van der Waals surface area contributed by atoms with Crippen LogP contribution in [0.5, 0.6) is 0 Å². The van der Waals surface area contributed by atoms with Crippen molar-refractivity contribution in [3.63, 3.8) is 0 Å². The van der Waals surface area contributed by atoms with E-state index in [4.69, 9.17) is 4.55 Å². The van der Waals surface area contributed by atoms with Gasteiger partial charge in [-0.2, -0.15) is 8.42 Å². The molecule has 0 saturated heterocycles. The van der Waals surface area contributed by atoms with E-state index in [0.717, 1.165) is 5.56 Å². The Morgan fingerprint density at radius 1 is 1.15 bits per heavy atom. The van der Waals surface area contributed by atoms with Crippen molar-refractivity contribution in [1.82, 2.24) is 0 Å². The summed E-state index contributed by atoms with van der Waals surface area (Å²) < 4.78 is 29.2. The molecule has 5 heteroatoms. The molecule has 0 amide bonds. The van der Waals surface area contributed by atoms with E-state index in [1.54, 1.807) is 0 Å². The molecule has 68 valence electrons. The Kier molecular flexibility index (Phi) is 5.83. The molecule has 1 aromatic carbocycles. The predicted molar refractivity (Wildman–Crippen MR) is 53.7 cm³/mol. The van der Waals surface area contributed by atoms with Crippen LogP contribution in [0, 0.1) is 0 Å². The average molecular weight is 210 g/mol. The van der Waals surface area contributed by atoms with E-state index >= 15 is 0 Å². The number of benzene rings is 1. The Labute approximate surface area is 100 Å². The van der Waals surface area contributed by atoms with Crippen molar-refractivity contribution in [3.8, 4) is 0 Å². The molecule has 0 bridgehead atoms. The topological polar surface area (TPSA) is 54.4 Å². The van der Waals surface area contributed by atoms with Crippen LogP contribution in [0.1, 0.15) is 5.56 Å². The summed E-state index contributed by atoms with van der Waals surface area (Å²) in [6, 6.07) is 9.17. The Hall–Kier alpha value is 0.130. The zero-order chi connectivity index (χ0) is 9.03. The fourth-order valence-corrected chi connectivity index (χ4v) is 1.39. The van der Waals surface area contributed by atoms with E-state index in [9.17, 15) is 8.42 Å². The van der Waals surface area contributed by atoms with E-state index in [1.807, 2.05) is 30.3 Å². The van der Waals surface area contributed by atoms with Gasteiger partial charge in [-0.1, -0.05) is 30.3 Å². The summed E-state index contributed by atoms with van der Waals surface area (Å²) in [4.78, 5) is 0. The molecule has 1 N–H and O–H groups in total. The molecule has 0 aliphatic carbocycles. The molecule has 0 heterocycles. The standard InChI is InChI=1S/C8H10O3S.Na.H/c9-12(10,11)7-6-8-4-2-1-3-5-8;;/h1-5H,6-7H2,(H,9,10,11);;. The van der Waals surface area contributed by atoms with Gasteiger partial charge in [0.05, 0.1) is 5.75 Å². The first-order chi connectivity index (χ1) is 5.58. The van der Waals surface area contributed by atoms with E-state index in [-0.39, 0.29) is 35.3 Å². The Morgan fingerprint density at radius 3 is 2.15 bits per heavy atom. The van der Waals surface area contributed by atoms with Crippen LogP contribution in [-0.2, 0) is 16.5 Å². The summed E-state index contributed by atoms with van der Waals surface area (Å²) in [5, 5.41) is 0. The van der Waals surface area contributed by atoms with E-state index < -0.39 is 10.1 Å². The molecule has 13 heavy (non-hydrogen) atoms. The molecule has 0 atom stereocenters. The summed E-state index contributed by atoms with van der Waals surface area (Å²) >= 11 is 0. The molecule has 1 aromatic rings. The summed E-state index contributed by atoms with van der Waals surface area (Å²) in [5.41, 5.74) is 0.912. The minimum atomic E-state index is -3.82. The second-order valence-electron chi connectivity index (χ2n) is 2.52. The zero-order valence-corrected chi connectivity index (χ0v) is 7.29. The molecule has 0 fully saturated rings. The van der Waals surface area contributed by atoms with Gasteiger partial charge in [0.1, 0.15) is 0 Å². The molecule has 0 saturated carbocycles. The predicted octanol–water partition coefficient (Wildman–Crippen LogP) is 0.468. The first-order valence-corrected chi connectivity index (χ1v) is 5.18. The van der Waals surface area contributed by atoms with Crippen LogP contribution >= 0.6 is 0 Å². The molecular weight excluding hydrogens is 199 g/mol. The third-order valence-corrected chi connectivity index (χ3v) is 2.21. The summed E-state index contributed by atoms with van der Waals surface area (Å²) in [5.74, 6) is -0.211. The normalized spacial score (nSPS) is 10.5. The third-order valence-electron chi connectivity index (χ3n) is 1.49. The second kappa shape index (κ2) is 5.78. The van der Waals surface area contributed by atoms with Crippen molar-refractivity contribution in [3.05, 3.63) is 35.9 Å². The number of rotatable bonds is 3. The maximum atomic E-state index is 10.4. The van der Waals surface area contributed by atoms with Crippen LogP contribution in [0.25, 0.3) is 0 Å². The van der Waals surface area contributed by atoms with E-state index in [1.165, 1.54) is 0 Å². The van der Waals surface area contributed by atoms with Crippen LogP contribution in [0.4, 0.5) is 0 Å². The second-order valence-corrected chi connectivity index (χ2v) is 4.09. The quantitative estimate of drug-likeness (QED) is 0.582. The Bertz CT molecular complexity index is 334. The van der Waals surface area contributed by atoms with Gasteiger partial charge >= 0.3 is 29.6 Å². The minimum absolute atomic E-state index is 0. The van der Waals surface area contributed by atoms with E-state index in [0.29, 0.717) is 6.42 Å². The monoisotopic (exact) mass is 210 g/mol. The summed E-state index contributed by atoms with van der Waals surface area (Å²) in [6.07, 6.45) is 0.361. The molecule has 0 unspecified atom stereocenters. The molecule has 0 radical (unpaired) electrons. The van der Waals surface area contributed by atoms with Crippen LogP contribution in [-0.4, -0.2) is 48.3 Å². The fourth-order valence-electron chi connectivity index (χ4n) is 0.892. The van der Waals surface area contributed by atoms with E-state index in [2.05, 4.69) is 0 Å². The van der Waals surface area contributed by atoms with Crippen molar-refractivity contribution in [2.45, 2.75) is 6.42 Å². The fraction of sp³-hybridized carbons (Fsp3) is 0.250. The Morgan fingerprint density at radius 2 is 1.69 bits per heavy atom. The molecule has 1 rings (SSSR count). The van der Waals surface area contributed by atoms with Gasteiger partial charge in [0.25, 0.3) is 10.1 Å². The van der Waals surface area contributed by atoms with Gasteiger partial charge in [0, 0.05) is 0 Å². The average Bonchev–Trinajstić information content (AvgIpc) is 2.02. The van der Waals surface area contributed by atoms with Crippen molar-refractivity contribution >= 4 is 39.7 Å². The zero-order valence-electron chi connectivity index (χ0n) is 6.47. The van der Waals surface area contributed by atoms with Gasteiger partial charge < -0.3 is 0 Å². The summed E-state index contributed by atoms with van der Waals surface area (Å²) in [7, 11) is -3.82. The number of hydrogen-bond acceptors (Lipinski definition) is 2. The summed E-state index contributed by atoms with van der Waals surface area (Å²) in [6.45, 7) is 0. The van der Waals surface area contributed by atoms with Crippen LogP contribution < -0.4 is 0 Å². The van der Waals surface area contributed by atoms with Crippen molar-refractivity contribution in [1.29, 1.82) is 0 Å². The van der Waals surface area contributed by atoms with Crippen molar-refractivity contribution in [2.75, 3.05) is 5.75 Å². The van der Waals surface area contributed by atoms with Crippen LogP contribution in [0.3, 0.4) is 0 Å². The van der Waals surface area contributed by atoms with Gasteiger partial charge in [-0.3, -0.25) is 4.55 Å². The number of hydrogen-bond donors (Lipinski definition) is 1. The van der Waals surface area contributed by atoms with Crippen molar-refractivity contribution < 1.29 is 13.0 Å². The maximum absolute atomic E-state index is 10.4. The van der Waals surface area contributed by atoms with Crippen LogP contribution in [0.2, 0.25) is 0 Å². The first-order valence-electron chi connectivity index (χ1n) is 3.57. The van der Waals surface area contributed by atoms with Crippen LogP contribution in [0.15, 0.2) is 30.3 Å².